The SMILES string of the molecule is CC(=O)c1cc(Cl)c(N)c(C#N)c1F. The number of nitrogens with zero attached hydrogens (tertiary/aromatic N) is 1. The van der Waals surface area contributed by atoms with E-state index in [0.717, 1.165) is 6.07 Å². The molecule has 14 heavy (non-hydrogen) atoms. The molecule has 0 fully saturated rings. The van der Waals surface area contributed by atoms with Crippen molar-refractivity contribution in [2.24, 2.45) is 0 Å². The summed E-state index contributed by atoms with van der Waals surface area (Å²) in [6.07, 6.45) is 0. The molecular weight excluding hydrogens is 207 g/mol. The number of Topliss-reactive ketones (excluding diaryl/α,β-unsaturated/α-hetero) is 1. The monoisotopic (exact) mass is 212 g/mol. The van der Waals surface area contributed by atoms with Crippen molar-refractivity contribution < 1.29 is 9.18 Å². The van der Waals surface area contributed by atoms with Gasteiger partial charge in [-0.2, -0.15) is 5.26 Å². The average Bonchev–Trinajstić information content (AvgIpc) is 2.12. The second-order valence-electron chi connectivity index (χ2n) is 2.68. The number of halogens is 2. The van der Waals surface area contributed by atoms with Crippen LogP contribution in [0.15, 0.2) is 6.07 Å². The molecule has 0 atom stereocenters. The Morgan fingerprint density at radius 2 is 2.29 bits per heavy atom. The van der Waals surface area contributed by atoms with Crippen molar-refractivity contribution in [2.75, 3.05) is 5.73 Å². The number of rotatable bonds is 1. The number of carbonyl (C=O) groups excluding carboxylic acids is 1. The van der Waals surface area contributed by atoms with Gasteiger partial charge in [0, 0.05) is 0 Å². The number of ketones is 1. The molecule has 1 aromatic carbocycles. The largest absolute Gasteiger partial charge is 0.396 e. The van der Waals surface area contributed by atoms with Crippen molar-refractivity contribution in [1.29, 1.82) is 5.26 Å². The zero-order chi connectivity index (χ0) is 10.9. The van der Waals surface area contributed by atoms with Crippen LogP contribution in [0.25, 0.3) is 0 Å². The molecule has 0 saturated carbocycles. The molecule has 0 spiro atoms. The molecule has 0 radical (unpaired) electrons. The Labute approximate surface area is 84.9 Å². The minimum absolute atomic E-state index is 0.00755. The molecule has 5 heteroatoms. The summed E-state index contributed by atoms with van der Waals surface area (Å²) >= 11 is 5.62. The van der Waals surface area contributed by atoms with E-state index in [4.69, 9.17) is 22.6 Å². The Morgan fingerprint density at radius 3 is 2.71 bits per heavy atom. The van der Waals surface area contributed by atoms with Crippen LogP contribution in [0.1, 0.15) is 22.8 Å². The van der Waals surface area contributed by atoms with Crippen molar-refractivity contribution in [3.63, 3.8) is 0 Å². The van der Waals surface area contributed by atoms with Gasteiger partial charge >= 0.3 is 0 Å². The molecule has 0 bridgehead atoms. The quantitative estimate of drug-likeness (QED) is 0.573. The fourth-order valence-electron chi connectivity index (χ4n) is 1.01. The highest BCUT2D eigenvalue weighted by Crippen LogP contribution is 2.27. The van der Waals surface area contributed by atoms with E-state index < -0.39 is 11.6 Å². The molecule has 3 nitrogen and oxygen atoms in total. The smallest absolute Gasteiger partial charge is 0.162 e. The summed E-state index contributed by atoms with van der Waals surface area (Å²) < 4.78 is 13.4. The third-order valence-electron chi connectivity index (χ3n) is 1.74. The molecule has 2 N–H and O–H groups in total. The van der Waals surface area contributed by atoms with Crippen molar-refractivity contribution >= 4 is 23.1 Å². The molecule has 0 aromatic heterocycles. The number of anilines is 1. The topological polar surface area (TPSA) is 66.9 Å². The summed E-state index contributed by atoms with van der Waals surface area (Å²) in [6, 6.07) is 2.68. The number of nitrogen functional groups attached to an aromatic ring is 1. The third-order valence-corrected chi connectivity index (χ3v) is 2.06. The van der Waals surface area contributed by atoms with Crippen LogP contribution < -0.4 is 5.73 Å². The van der Waals surface area contributed by atoms with Crippen molar-refractivity contribution in [1.82, 2.24) is 0 Å². The molecule has 72 valence electrons. The zero-order valence-electron chi connectivity index (χ0n) is 7.27. The van der Waals surface area contributed by atoms with E-state index >= 15 is 0 Å². The maximum absolute atomic E-state index is 13.4. The number of carbonyl (C=O) groups is 1. The number of benzene rings is 1. The van der Waals surface area contributed by atoms with Gasteiger partial charge in [0.2, 0.25) is 0 Å². The van der Waals surface area contributed by atoms with Crippen LogP contribution in [0.5, 0.6) is 0 Å². The number of hydrogen-bond acceptors (Lipinski definition) is 3. The zero-order valence-corrected chi connectivity index (χ0v) is 8.02. The van der Waals surface area contributed by atoms with E-state index in [2.05, 4.69) is 0 Å². The van der Waals surface area contributed by atoms with Gasteiger partial charge in [0.05, 0.1) is 16.3 Å². The van der Waals surface area contributed by atoms with Gasteiger partial charge in [0.25, 0.3) is 0 Å². The average molecular weight is 213 g/mol. The van der Waals surface area contributed by atoms with Crippen LogP contribution in [0.2, 0.25) is 5.02 Å². The highest BCUT2D eigenvalue weighted by molar-refractivity contribution is 6.33. The van der Waals surface area contributed by atoms with E-state index in [1.165, 1.54) is 6.92 Å². The lowest BCUT2D eigenvalue weighted by Gasteiger charge is -2.05. The lowest BCUT2D eigenvalue weighted by atomic mass is 10.1. The maximum atomic E-state index is 13.4. The van der Waals surface area contributed by atoms with E-state index in [1.54, 1.807) is 6.07 Å². The Bertz CT molecular complexity index is 451. The van der Waals surface area contributed by atoms with Crippen molar-refractivity contribution in [3.05, 3.63) is 28.0 Å². The van der Waals surface area contributed by atoms with Gasteiger partial charge in [0.1, 0.15) is 11.6 Å². The molecule has 0 amide bonds. The summed E-state index contributed by atoms with van der Waals surface area (Å²) in [5, 5.41) is 8.60. The van der Waals surface area contributed by atoms with Crippen LogP contribution >= 0.6 is 11.6 Å². The second kappa shape index (κ2) is 3.64. The first-order valence-corrected chi connectivity index (χ1v) is 4.05. The molecule has 1 rings (SSSR count). The van der Waals surface area contributed by atoms with Crippen LogP contribution in [-0.4, -0.2) is 5.78 Å². The van der Waals surface area contributed by atoms with Gasteiger partial charge in [-0.15, -0.1) is 0 Å². The summed E-state index contributed by atoms with van der Waals surface area (Å²) in [6.45, 7) is 1.19. The van der Waals surface area contributed by atoms with Gasteiger partial charge < -0.3 is 5.73 Å². The first-order valence-electron chi connectivity index (χ1n) is 3.67. The van der Waals surface area contributed by atoms with Crippen LogP contribution in [0.4, 0.5) is 10.1 Å². The van der Waals surface area contributed by atoms with E-state index in [9.17, 15) is 9.18 Å². The summed E-state index contributed by atoms with van der Waals surface area (Å²) in [4.78, 5) is 10.9. The minimum Gasteiger partial charge on any atom is -0.396 e. The Balaban J connectivity index is 3.61. The highest BCUT2D eigenvalue weighted by Gasteiger charge is 2.17. The molecule has 0 aliphatic heterocycles. The number of nitriles is 1. The molecule has 0 aliphatic rings. The third kappa shape index (κ3) is 1.54. The molecule has 0 saturated heterocycles. The fraction of sp³-hybridized carbons (Fsp3) is 0.111. The van der Waals surface area contributed by atoms with Crippen LogP contribution in [0.3, 0.4) is 0 Å². The van der Waals surface area contributed by atoms with E-state index in [-0.39, 0.29) is 21.8 Å². The molecule has 0 aliphatic carbocycles. The Hall–Kier alpha value is -1.60. The Kier molecular flexibility index (Phi) is 2.73. The standard InChI is InChI=1S/C9H6ClFN2O/c1-4(14)5-2-7(10)9(13)6(3-12)8(5)11/h2H,13H2,1H3. The molecule has 0 heterocycles. The number of hydrogen-bond donors (Lipinski definition) is 1. The first kappa shape index (κ1) is 10.5. The van der Waals surface area contributed by atoms with Gasteiger partial charge in [-0.3, -0.25) is 4.79 Å². The summed E-state index contributed by atoms with van der Waals surface area (Å²) in [5.74, 6) is -1.41. The van der Waals surface area contributed by atoms with Gasteiger partial charge in [-0.05, 0) is 13.0 Å². The predicted molar refractivity (Wildman–Crippen MR) is 50.5 cm³/mol. The summed E-state index contributed by atoms with van der Waals surface area (Å²) in [5.41, 5.74) is 4.61. The van der Waals surface area contributed by atoms with Crippen LogP contribution in [0, 0.1) is 17.1 Å². The summed E-state index contributed by atoms with van der Waals surface area (Å²) in [7, 11) is 0. The molecular formula is C9H6ClFN2O. The van der Waals surface area contributed by atoms with Gasteiger partial charge in [0.15, 0.2) is 11.6 Å². The van der Waals surface area contributed by atoms with E-state index in [1.807, 2.05) is 0 Å². The van der Waals surface area contributed by atoms with Crippen molar-refractivity contribution in [2.45, 2.75) is 6.92 Å². The van der Waals surface area contributed by atoms with E-state index in [0.29, 0.717) is 0 Å². The van der Waals surface area contributed by atoms with Gasteiger partial charge in [-0.1, -0.05) is 11.6 Å². The lowest BCUT2D eigenvalue weighted by Crippen LogP contribution is -2.03. The number of nitrogens with two attached hydrogens (primary N) is 1. The first-order chi connectivity index (χ1) is 6.49. The maximum Gasteiger partial charge on any atom is 0.162 e. The normalized spacial score (nSPS) is 9.57. The van der Waals surface area contributed by atoms with Crippen LogP contribution in [-0.2, 0) is 0 Å². The Morgan fingerprint density at radius 1 is 1.71 bits per heavy atom. The van der Waals surface area contributed by atoms with Gasteiger partial charge in [-0.25, -0.2) is 4.39 Å². The van der Waals surface area contributed by atoms with Crippen molar-refractivity contribution in [3.8, 4) is 6.07 Å². The predicted octanol–water partition coefficient (Wildman–Crippen LogP) is 2.14. The second-order valence-corrected chi connectivity index (χ2v) is 3.08. The fourth-order valence-corrected chi connectivity index (χ4v) is 1.21. The minimum atomic E-state index is -0.915. The molecule has 0 unspecified atom stereocenters. The lowest BCUT2D eigenvalue weighted by molar-refractivity contribution is 0.101. The molecule has 1 aromatic rings. The highest BCUT2D eigenvalue weighted by atomic mass is 35.5.